The Morgan fingerprint density at radius 3 is 2.71 bits per heavy atom. The molecule has 4 nitrogen and oxygen atoms in total. The van der Waals surface area contributed by atoms with E-state index in [0.29, 0.717) is 13.1 Å². The van der Waals surface area contributed by atoms with Crippen LogP contribution in [0.5, 0.6) is 0 Å². The largest absolute Gasteiger partial charge is 1.00 e. The van der Waals surface area contributed by atoms with E-state index < -0.39 is 11.9 Å². The molecule has 1 aliphatic heterocycles. The van der Waals surface area contributed by atoms with Gasteiger partial charge in [0.05, 0.1) is 0 Å². The third-order valence-electron chi connectivity index (χ3n) is 2.33. The molecule has 1 fully saturated rings. The topological polar surface area (TPSA) is 60.4 Å². The Bertz CT molecular complexity index is 220. The van der Waals surface area contributed by atoms with Crippen LogP contribution in [0.3, 0.4) is 0 Å². The minimum atomic E-state index is -1.10. The molecular weight excluding hydrogens is 193 g/mol. The number of carbonyl (C=O) groups excluding carboxylic acids is 2. The first-order valence-electron chi connectivity index (χ1n) is 4.63. The zero-order valence-corrected chi connectivity index (χ0v) is 10.8. The predicted octanol–water partition coefficient (Wildman–Crippen LogP) is -3.61. The van der Waals surface area contributed by atoms with Gasteiger partial charge in [0, 0.05) is 31.4 Å². The van der Waals surface area contributed by atoms with Crippen molar-refractivity contribution >= 4 is 11.9 Å². The van der Waals surface area contributed by atoms with E-state index >= 15 is 0 Å². The summed E-state index contributed by atoms with van der Waals surface area (Å²) in [6.45, 7) is 3.05. The summed E-state index contributed by atoms with van der Waals surface area (Å²) in [5.41, 5.74) is 0. The summed E-state index contributed by atoms with van der Waals surface area (Å²) in [6, 6.07) is 0. The maximum absolute atomic E-state index is 11.2. The minimum absolute atomic E-state index is 0. The Hall–Kier alpha value is -0.0600. The molecule has 0 aromatic heterocycles. The first-order chi connectivity index (χ1) is 6.15. The van der Waals surface area contributed by atoms with Crippen LogP contribution in [0.15, 0.2) is 0 Å². The van der Waals surface area contributed by atoms with Gasteiger partial charge in [0.15, 0.2) is 0 Å². The van der Waals surface area contributed by atoms with E-state index in [-0.39, 0.29) is 41.9 Å². The van der Waals surface area contributed by atoms with Crippen LogP contribution in [0.2, 0.25) is 0 Å². The molecule has 0 aromatic carbocycles. The number of rotatable bonds is 4. The molecule has 1 aliphatic rings. The average molecular weight is 207 g/mol. The van der Waals surface area contributed by atoms with Gasteiger partial charge in [0.25, 0.3) is 0 Å². The molecule has 14 heavy (non-hydrogen) atoms. The van der Waals surface area contributed by atoms with Gasteiger partial charge in [-0.05, 0) is 6.42 Å². The van der Waals surface area contributed by atoms with Crippen LogP contribution >= 0.6 is 0 Å². The van der Waals surface area contributed by atoms with Crippen LogP contribution in [0.4, 0.5) is 0 Å². The average Bonchev–Trinajstić information content (AvgIpc) is 2.44. The van der Waals surface area contributed by atoms with Crippen LogP contribution in [0.25, 0.3) is 0 Å². The van der Waals surface area contributed by atoms with Crippen molar-refractivity contribution in [3.05, 3.63) is 0 Å². The molecule has 0 spiro atoms. The number of hydrogen-bond acceptors (Lipinski definition) is 3. The second kappa shape index (κ2) is 6.43. The first kappa shape index (κ1) is 13.9. The molecule has 0 saturated carbocycles. The molecule has 0 aromatic rings. The number of hydrogen-bond donors (Lipinski definition) is 0. The molecule has 1 atom stereocenters. The number of nitrogens with zero attached hydrogens (tertiary/aromatic N) is 1. The van der Waals surface area contributed by atoms with Crippen LogP contribution in [0, 0.1) is 5.92 Å². The molecule has 0 bridgehead atoms. The smallest absolute Gasteiger partial charge is 0.550 e. The molecule has 1 rings (SSSR count). The molecule has 74 valence electrons. The van der Waals surface area contributed by atoms with E-state index in [1.165, 1.54) is 0 Å². The molecule has 0 N–H and O–H groups in total. The molecule has 1 heterocycles. The fraction of sp³-hybridized carbons (Fsp3) is 0.778. The summed E-state index contributed by atoms with van der Waals surface area (Å²) in [4.78, 5) is 23.3. The van der Waals surface area contributed by atoms with E-state index in [1.54, 1.807) is 4.90 Å². The number of carboxylic acids is 1. The second-order valence-electron chi connectivity index (χ2n) is 3.41. The van der Waals surface area contributed by atoms with Gasteiger partial charge in [-0.2, -0.15) is 0 Å². The molecular formula is C9H14NNaO3. The molecule has 1 unspecified atom stereocenters. The molecule has 5 heteroatoms. The van der Waals surface area contributed by atoms with Crippen molar-refractivity contribution in [2.45, 2.75) is 26.2 Å². The maximum atomic E-state index is 11.2. The monoisotopic (exact) mass is 207 g/mol. The summed E-state index contributed by atoms with van der Waals surface area (Å²) in [7, 11) is 0. The van der Waals surface area contributed by atoms with E-state index in [2.05, 4.69) is 0 Å². The summed E-state index contributed by atoms with van der Waals surface area (Å²) in [5, 5.41) is 10.5. The minimum Gasteiger partial charge on any atom is -0.550 e. The Balaban J connectivity index is 0.00000169. The van der Waals surface area contributed by atoms with Crippen molar-refractivity contribution in [2.75, 3.05) is 13.1 Å². The number of aliphatic carboxylic acids is 1. The number of likely N-dealkylation sites (tertiary alicyclic amines) is 1. The van der Waals surface area contributed by atoms with Crippen molar-refractivity contribution in [2.24, 2.45) is 5.92 Å². The van der Waals surface area contributed by atoms with Crippen molar-refractivity contribution in [1.82, 2.24) is 4.90 Å². The van der Waals surface area contributed by atoms with Gasteiger partial charge in [0.2, 0.25) is 5.91 Å². The van der Waals surface area contributed by atoms with Crippen LogP contribution in [-0.4, -0.2) is 29.9 Å². The zero-order chi connectivity index (χ0) is 9.84. The van der Waals surface area contributed by atoms with Crippen molar-refractivity contribution in [1.29, 1.82) is 0 Å². The van der Waals surface area contributed by atoms with Crippen LogP contribution in [0.1, 0.15) is 26.2 Å². The standard InChI is InChI=1S/C9H15NO3.Na/c1-2-3-4-10-6-7(9(12)13)5-8(10)11;/h7H,2-6H2,1H3,(H,12,13);/q;+1/p-1. The summed E-state index contributed by atoms with van der Waals surface area (Å²) in [6.07, 6.45) is 2.07. The molecule has 1 amide bonds. The van der Waals surface area contributed by atoms with E-state index in [4.69, 9.17) is 0 Å². The van der Waals surface area contributed by atoms with E-state index in [9.17, 15) is 14.7 Å². The second-order valence-corrected chi connectivity index (χ2v) is 3.41. The Morgan fingerprint density at radius 2 is 2.29 bits per heavy atom. The molecule has 1 saturated heterocycles. The van der Waals surface area contributed by atoms with Gasteiger partial charge in [-0.1, -0.05) is 13.3 Å². The SMILES string of the molecule is CCCCN1CC(C(=O)[O-])CC1=O.[Na+]. The Labute approximate surface area is 106 Å². The van der Waals surface area contributed by atoms with Crippen LogP contribution < -0.4 is 34.7 Å². The molecule has 0 aliphatic carbocycles. The third kappa shape index (κ3) is 3.59. The number of amides is 1. The Morgan fingerprint density at radius 1 is 1.64 bits per heavy atom. The number of carbonyl (C=O) groups is 2. The number of carboxylic acid groups (broad SMARTS) is 1. The normalized spacial score (nSPS) is 20.8. The van der Waals surface area contributed by atoms with Gasteiger partial charge >= 0.3 is 29.6 Å². The number of unbranched alkanes of at least 4 members (excludes halogenated alkanes) is 1. The van der Waals surface area contributed by atoms with Crippen molar-refractivity contribution in [3.63, 3.8) is 0 Å². The summed E-state index contributed by atoms with van der Waals surface area (Å²) in [5.74, 6) is -1.75. The van der Waals surface area contributed by atoms with Crippen molar-refractivity contribution in [3.8, 4) is 0 Å². The van der Waals surface area contributed by atoms with Gasteiger partial charge in [0.1, 0.15) is 0 Å². The van der Waals surface area contributed by atoms with E-state index in [1.807, 2.05) is 6.92 Å². The zero-order valence-electron chi connectivity index (χ0n) is 8.78. The van der Waals surface area contributed by atoms with Gasteiger partial charge < -0.3 is 14.8 Å². The van der Waals surface area contributed by atoms with Gasteiger partial charge in [-0.15, -0.1) is 0 Å². The Kier molecular flexibility index (Phi) is 6.40. The summed E-state index contributed by atoms with van der Waals surface area (Å²) < 4.78 is 0. The predicted molar refractivity (Wildman–Crippen MR) is 44.6 cm³/mol. The van der Waals surface area contributed by atoms with Crippen LogP contribution in [-0.2, 0) is 9.59 Å². The van der Waals surface area contributed by atoms with Crippen molar-refractivity contribution < 1.29 is 44.3 Å². The summed E-state index contributed by atoms with van der Waals surface area (Å²) >= 11 is 0. The quantitative estimate of drug-likeness (QED) is 0.447. The van der Waals surface area contributed by atoms with Gasteiger partial charge in [-0.3, -0.25) is 4.79 Å². The first-order valence-corrected chi connectivity index (χ1v) is 4.63. The maximum Gasteiger partial charge on any atom is 1.00 e. The fourth-order valence-corrected chi connectivity index (χ4v) is 1.50. The third-order valence-corrected chi connectivity index (χ3v) is 2.33. The molecule has 0 radical (unpaired) electrons. The van der Waals surface area contributed by atoms with Gasteiger partial charge in [-0.25, -0.2) is 0 Å². The fourth-order valence-electron chi connectivity index (χ4n) is 1.50. The van der Waals surface area contributed by atoms with E-state index in [0.717, 1.165) is 12.8 Å².